The summed E-state index contributed by atoms with van der Waals surface area (Å²) in [5.41, 5.74) is 3.03. The zero-order valence-electron chi connectivity index (χ0n) is 16.7. The first-order valence-corrected chi connectivity index (χ1v) is 9.71. The van der Waals surface area contributed by atoms with Gasteiger partial charge in [-0.2, -0.15) is 5.10 Å². The van der Waals surface area contributed by atoms with Crippen molar-refractivity contribution in [1.29, 1.82) is 0 Å². The monoisotopic (exact) mass is 521 g/mol. The number of hydrogen-bond donors (Lipinski definition) is 2. The Labute approximate surface area is 192 Å². The Morgan fingerprint density at radius 3 is 2.73 bits per heavy atom. The van der Waals surface area contributed by atoms with E-state index in [1.807, 2.05) is 30.5 Å². The second-order valence-electron chi connectivity index (χ2n) is 6.91. The number of nitrogens with one attached hydrogen (secondary N) is 2. The third kappa shape index (κ3) is 5.50. The van der Waals surface area contributed by atoms with E-state index in [9.17, 15) is 4.39 Å². The molecule has 1 aliphatic heterocycles. The molecule has 2 aromatic carbocycles. The van der Waals surface area contributed by atoms with E-state index in [1.165, 1.54) is 17.7 Å². The maximum atomic E-state index is 13.1. The molecular formula is C22H25FIN5O. The number of rotatable bonds is 6. The van der Waals surface area contributed by atoms with Crippen LogP contribution >= 0.6 is 24.0 Å². The van der Waals surface area contributed by atoms with Crippen molar-refractivity contribution in [2.45, 2.75) is 18.9 Å². The summed E-state index contributed by atoms with van der Waals surface area (Å²) in [6.45, 7) is 1.39. The van der Waals surface area contributed by atoms with Crippen LogP contribution in [-0.4, -0.2) is 42.0 Å². The highest BCUT2D eigenvalue weighted by atomic mass is 127. The van der Waals surface area contributed by atoms with Crippen LogP contribution in [0.15, 0.2) is 65.8 Å². The fraction of sp³-hybridized carbons (Fsp3) is 0.273. The first-order valence-electron chi connectivity index (χ1n) is 9.71. The van der Waals surface area contributed by atoms with Gasteiger partial charge in [0.25, 0.3) is 0 Å². The predicted octanol–water partition coefficient (Wildman–Crippen LogP) is 3.34. The van der Waals surface area contributed by atoms with Crippen LogP contribution in [0.3, 0.4) is 0 Å². The minimum atomic E-state index is -0.254. The topological polar surface area (TPSA) is 63.5 Å². The fourth-order valence-electron chi connectivity index (χ4n) is 3.34. The number of hydrogen-bond acceptors (Lipinski definition) is 3. The Morgan fingerprint density at radius 1 is 1.17 bits per heavy atom. The van der Waals surface area contributed by atoms with Crippen molar-refractivity contribution in [3.8, 4) is 11.4 Å². The Kier molecular flexibility index (Phi) is 7.67. The second-order valence-corrected chi connectivity index (χ2v) is 6.91. The molecule has 0 amide bonds. The first-order chi connectivity index (χ1) is 14.2. The van der Waals surface area contributed by atoms with Crippen molar-refractivity contribution in [3.05, 3.63) is 77.9 Å². The Morgan fingerprint density at radius 2 is 1.97 bits per heavy atom. The molecule has 1 unspecified atom stereocenters. The first kappa shape index (κ1) is 22.1. The molecule has 0 radical (unpaired) electrons. The number of guanidine groups is 1. The van der Waals surface area contributed by atoms with E-state index in [1.54, 1.807) is 23.9 Å². The van der Waals surface area contributed by atoms with Crippen LogP contribution in [0.2, 0.25) is 0 Å². The molecular weight excluding hydrogens is 496 g/mol. The molecule has 0 saturated heterocycles. The molecule has 0 bridgehead atoms. The van der Waals surface area contributed by atoms with Gasteiger partial charge in [-0.15, -0.1) is 24.0 Å². The Hall–Kier alpha value is -2.62. The molecule has 0 fully saturated rings. The summed E-state index contributed by atoms with van der Waals surface area (Å²) in [5.74, 6) is 1.46. The van der Waals surface area contributed by atoms with Crippen LogP contribution in [0.1, 0.15) is 11.3 Å². The molecule has 4 rings (SSSR count). The quantitative estimate of drug-likeness (QED) is 0.297. The minimum Gasteiger partial charge on any atom is -0.488 e. The highest BCUT2D eigenvalue weighted by molar-refractivity contribution is 14.0. The van der Waals surface area contributed by atoms with Gasteiger partial charge in [-0.3, -0.25) is 4.99 Å². The van der Waals surface area contributed by atoms with E-state index in [-0.39, 0.29) is 35.9 Å². The smallest absolute Gasteiger partial charge is 0.191 e. The average Bonchev–Trinajstić information content (AvgIpc) is 3.38. The lowest BCUT2D eigenvalue weighted by Crippen LogP contribution is -2.42. The zero-order valence-corrected chi connectivity index (χ0v) is 19.0. The Balaban J connectivity index is 0.00000256. The van der Waals surface area contributed by atoms with Gasteiger partial charge in [0.1, 0.15) is 17.7 Å². The van der Waals surface area contributed by atoms with Gasteiger partial charge >= 0.3 is 0 Å². The maximum Gasteiger partial charge on any atom is 0.191 e. The van der Waals surface area contributed by atoms with Gasteiger partial charge in [-0.05, 0) is 42.0 Å². The van der Waals surface area contributed by atoms with Crippen molar-refractivity contribution in [2.75, 3.05) is 20.1 Å². The fourth-order valence-corrected chi connectivity index (χ4v) is 3.34. The van der Waals surface area contributed by atoms with Crippen LogP contribution in [0, 0.1) is 5.82 Å². The summed E-state index contributed by atoms with van der Waals surface area (Å²) in [7, 11) is 1.75. The number of aliphatic imine (C=N–C) groups is 1. The summed E-state index contributed by atoms with van der Waals surface area (Å²) in [6, 6.07) is 16.4. The number of para-hydroxylation sites is 1. The summed E-state index contributed by atoms with van der Waals surface area (Å²) in [5, 5.41) is 11.2. The third-order valence-electron chi connectivity index (χ3n) is 4.84. The molecule has 2 N–H and O–H groups in total. The molecule has 3 aromatic rings. The van der Waals surface area contributed by atoms with Crippen LogP contribution in [-0.2, 0) is 12.8 Å². The summed E-state index contributed by atoms with van der Waals surface area (Å²) >= 11 is 0. The van der Waals surface area contributed by atoms with Gasteiger partial charge in [0.2, 0.25) is 0 Å². The van der Waals surface area contributed by atoms with Gasteiger partial charge in [-0.1, -0.05) is 18.2 Å². The standard InChI is InChI=1S/C22H24FN5O.HI/c1-24-22(26-15-20-14-16-4-2-3-5-21(16)29-20)25-12-10-18-11-13-28(27-18)19-8-6-17(23)7-9-19;/h2-9,11,13,20H,10,12,14-15H2,1H3,(H2,24,25,26);1H. The summed E-state index contributed by atoms with van der Waals surface area (Å²) in [6.07, 6.45) is 3.64. The summed E-state index contributed by atoms with van der Waals surface area (Å²) in [4.78, 5) is 4.27. The van der Waals surface area contributed by atoms with Crippen molar-refractivity contribution in [2.24, 2.45) is 4.99 Å². The van der Waals surface area contributed by atoms with Gasteiger partial charge in [-0.25, -0.2) is 9.07 Å². The minimum absolute atomic E-state index is 0. The number of fused-ring (bicyclic) bond motifs is 1. The van der Waals surface area contributed by atoms with E-state index >= 15 is 0 Å². The average molecular weight is 521 g/mol. The van der Waals surface area contributed by atoms with Crippen molar-refractivity contribution in [1.82, 2.24) is 20.4 Å². The van der Waals surface area contributed by atoms with Gasteiger partial charge < -0.3 is 15.4 Å². The molecule has 1 aliphatic rings. The molecule has 0 saturated carbocycles. The molecule has 1 aromatic heterocycles. The zero-order chi connectivity index (χ0) is 20.1. The molecule has 30 heavy (non-hydrogen) atoms. The molecule has 6 nitrogen and oxygen atoms in total. The number of nitrogens with zero attached hydrogens (tertiary/aromatic N) is 3. The molecule has 8 heteroatoms. The van der Waals surface area contributed by atoms with E-state index < -0.39 is 0 Å². The Bertz CT molecular complexity index is 964. The van der Waals surface area contributed by atoms with Crippen molar-refractivity contribution < 1.29 is 9.13 Å². The molecule has 1 atom stereocenters. The highest BCUT2D eigenvalue weighted by Crippen LogP contribution is 2.27. The van der Waals surface area contributed by atoms with E-state index in [2.05, 4.69) is 26.8 Å². The normalized spacial score (nSPS) is 15.1. The second kappa shape index (κ2) is 10.4. The predicted molar refractivity (Wildman–Crippen MR) is 127 cm³/mol. The lowest BCUT2D eigenvalue weighted by molar-refractivity contribution is 0.235. The van der Waals surface area contributed by atoms with Gasteiger partial charge in [0.05, 0.1) is 17.9 Å². The van der Waals surface area contributed by atoms with Crippen LogP contribution in [0.4, 0.5) is 4.39 Å². The van der Waals surface area contributed by atoms with E-state index in [4.69, 9.17) is 4.74 Å². The molecule has 0 aliphatic carbocycles. The van der Waals surface area contributed by atoms with Gasteiger partial charge in [0, 0.05) is 32.6 Å². The molecule has 2 heterocycles. The number of halogens is 2. The van der Waals surface area contributed by atoms with E-state index in [0.29, 0.717) is 13.1 Å². The highest BCUT2D eigenvalue weighted by Gasteiger charge is 2.22. The van der Waals surface area contributed by atoms with Crippen LogP contribution < -0.4 is 15.4 Å². The van der Waals surface area contributed by atoms with Crippen LogP contribution in [0.25, 0.3) is 5.69 Å². The van der Waals surface area contributed by atoms with Crippen LogP contribution in [0.5, 0.6) is 5.75 Å². The summed E-state index contributed by atoms with van der Waals surface area (Å²) < 4.78 is 20.7. The molecule has 0 spiro atoms. The lowest BCUT2D eigenvalue weighted by Gasteiger charge is -2.15. The molecule has 158 valence electrons. The van der Waals surface area contributed by atoms with Crippen molar-refractivity contribution in [3.63, 3.8) is 0 Å². The largest absolute Gasteiger partial charge is 0.488 e. The number of benzene rings is 2. The van der Waals surface area contributed by atoms with Gasteiger partial charge in [0.15, 0.2) is 5.96 Å². The number of aromatic nitrogens is 2. The third-order valence-corrected chi connectivity index (χ3v) is 4.84. The maximum absolute atomic E-state index is 13.1. The van der Waals surface area contributed by atoms with Crippen molar-refractivity contribution >= 4 is 29.9 Å². The number of ether oxygens (including phenoxy) is 1. The van der Waals surface area contributed by atoms with E-state index in [0.717, 1.165) is 35.9 Å². The lowest BCUT2D eigenvalue weighted by atomic mass is 10.1. The SMILES string of the molecule is CN=C(NCCc1ccn(-c2ccc(F)cc2)n1)NCC1Cc2ccccc2O1.I.